The van der Waals surface area contributed by atoms with E-state index in [1.807, 2.05) is 0 Å². The zero-order valence-electron chi connectivity index (χ0n) is 11.5. The highest BCUT2D eigenvalue weighted by molar-refractivity contribution is 7.99. The van der Waals surface area contributed by atoms with Crippen molar-refractivity contribution in [3.05, 3.63) is 17.0 Å². The summed E-state index contributed by atoms with van der Waals surface area (Å²) in [5, 5.41) is 1.22. The Morgan fingerprint density at radius 1 is 1.45 bits per heavy atom. The number of halogens is 1. The maximum atomic E-state index is 11.4. The van der Waals surface area contributed by atoms with Gasteiger partial charge < -0.3 is 9.47 Å². The molecule has 0 amide bonds. The van der Waals surface area contributed by atoms with Gasteiger partial charge in [0.25, 0.3) is 0 Å². The van der Waals surface area contributed by atoms with Crippen LogP contribution in [-0.2, 0) is 20.9 Å². The molecular formula is C13H17ClN2O3S. The molecule has 0 spiro atoms. The van der Waals surface area contributed by atoms with Crippen LogP contribution in [0.1, 0.15) is 25.1 Å². The standard InChI is InChI=1S/C13H17ClN2O3S/c1-18-7-10-15-9(14)5-11(16-10)20-8-13(3-4-13)6-12(17)19-2/h5H,3-4,6-8H2,1-2H3. The Morgan fingerprint density at radius 3 is 2.80 bits per heavy atom. The number of thioether (sulfide) groups is 1. The van der Waals surface area contributed by atoms with Crippen molar-refractivity contribution in [3.8, 4) is 0 Å². The van der Waals surface area contributed by atoms with E-state index in [4.69, 9.17) is 21.1 Å². The molecule has 1 aromatic heterocycles. The van der Waals surface area contributed by atoms with E-state index in [-0.39, 0.29) is 11.4 Å². The lowest BCUT2D eigenvalue weighted by atomic mass is 10.1. The molecule has 2 rings (SSSR count). The van der Waals surface area contributed by atoms with Crippen LogP contribution in [0.2, 0.25) is 5.15 Å². The second kappa shape index (κ2) is 6.74. The number of hydrogen-bond acceptors (Lipinski definition) is 6. The van der Waals surface area contributed by atoms with E-state index < -0.39 is 0 Å². The van der Waals surface area contributed by atoms with Gasteiger partial charge >= 0.3 is 5.97 Å². The molecular weight excluding hydrogens is 300 g/mol. The van der Waals surface area contributed by atoms with Crippen LogP contribution in [0.25, 0.3) is 0 Å². The zero-order chi connectivity index (χ0) is 14.6. The van der Waals surface area contributed by atoms with Gasteiger partial charge in [-0.05, 0) is 18.3 Å². The van der Waals surface area contributed by atoms with E-state index in [2.05, 4.69) is 9.97 Å². The number of carbonyl (C=O) groups excluding carboxylic acids is 1. The van der Waals surface area contributed by atoms with E-state index in [0.29, 0.717) is 24.0 Å². The quantitative estimate of drug-likeness (QED) is 0.438. The van der Waals surface area contributed by atoms with Crippen LogP contribution >= 0.6 is 23.4 Å². The predicted octanol–water partition coefficient (Wildman–Crippen LogP) is 2.71. The minimum Gasteiger partial charge on any atom is -0.469 e. The van der Waals surface area contributed by atoms with Gasteiger partial charge in [-0.2, -0.15) is 0 Å². The topological polar surface area (TPSA) is 61.3 Å². The molecule has 1 aliphatic rings. The Morgan fingerprint density at radius 2 is 2.20 bits per heavy atom. The largest absolute Gasteiger partial charge is 0.469 e. The molecule has 1 fully saturated rings. The fourth-order valence-electron chi connectivity index (χ4n) is 1.86. The summed E-state index contributed by atoms with van der Waals surface area (Å²) in [5.74, 6) is 1.26. The maximum absolute atomic E-state index is 11.4. The number of esters is 1. The summed E-state index contributed by atoms with van der Waals surface area (Å²) in [6, 6.07) is 1.74. The van der Waals surface area contributed by atoms with E-state index in [9.17, 15) is 4.79 Å². The second-order valence-electron chi connectivity index (χ2n) is 4.92. The third-order valence-electron chi connectivity index (χ3n) is 3.22. The third kappa shape index (κ3) is 4.33. The lowest BCUT2D eigenvalue weighted by Crippen LogP contribution is -2.13. The molecule has 0 aliphatic heterocycles. The minimum atomic E-state index is -0.149. The highest BCUT2D eigenvalue weighted by Gasteiger charge is 2.44. The van der Waals surface area contributed by atoms with E-state index in [1.165, 1.54) is 7.11 Å². The summed E-state index contributed by atoms with van der Waals surface area (Å²) in [6.07, 6.45) is 2.58. The average molecular weight is 317 g/mol. The Labute approximate surface area is 127 Å². The fraction of sp³-hybridized carbons (Fsp3) is 0.615. The van der Waals surface area contributed by atoms with Crippen LogP contribution in [0.4, 0.5) is 0 Å². The number of rotatable bonds is 7. The van der Waals surface area contributed by atoms with Crippen LogP contribution < -0.4 is 0 Å². The molecule has 110 valence electrons. The third-order valence-corrected chi connectivity index (χ3v) is 4.68. The van der Waals surface area contributed by atoms with Crippen LogP contribution in [-0.4, -0.2) is 35.9 Å². The first-order valence-electron chi connectivity index (χ1n) is 6.29. The van der Waals surface area contributed by atoms with Gasteiger partial charge in [0.2, 0.25) is 0 Å². The minimum absolute atomic E-state index is 0.0661. The molecule has 1 aromatic rings. The molecule has 1 heterocycles. The highest BCUT2D eigenvalue weighted by Crippen LogP contribution is 2.52. The van der Waals surface area contributed by atoms with Crippen molar-refractivity contribution in [1.29, 1.82) is 0 Å². The Balaban J connectivity index is 1.95. The van der Waals surface area contributed by atoms with Gasteiger partial charge in [-0.1, -0.05) is 11.6 Å². The van der Waals surface area contributed by atoms with Crippen LogP contribution in [0.5, 0.6) is 0 Å². The smallest absolute Gasteiger partial charge is 0.306 e. The SMILES string of the molecule is COCc1nc(Cl)cc(SCC2(CC(=O)OC)CC2)n1. The van der Waals surface area contributed by atoms with Crippen LogP contribution in [0, 0.1) is 5.41 Å². The molecule has 20 heavy (non-hydrogen) atoms. The van der Waals surface area contributed by atoms with Crippen molar-refractivity contribution in [2.45, 2.75) is 30.9 Å². The maximum Gasteiger partial charge on any atom is 0.306 e. The van der Waals surface area contributed by atoms with Gasteiger partial charge in [0.1, 0.15) is 16.8 Å². The number of carbonyl (C=O) groups is 1. The molecule has 0 unspecified atom stereocenters. The Bertz CT molecular complexity index is 495. The molecule has 0 radical (unpaired) electrons. The summed E-state index contributed by atoms with van der Waals surface area (Å²) in [5.41, 5.74) is 0.0661. The van der Waals surface area contributed by atoms with Crippen molar-refractivity contribution >= 4 is 29.3 Å². The first kappa shape index (κ1) is 15.5. The van der Waals surface area contributed by atoms with Gasteiger partial charge in [0.15, 0.2) is 5.82 Å². The van der Waals surface area contributed by atoms with Crippen molar-refractivity contribution in [2.75, 3.05) is 20.0 Å². The molecule has 5 nitrogen and oxygen atoms in total. The monoisotopic (exact) mass is 316 g/mol. The molecule has 1 aliphatic carbocycles. The number of ether oxygens (including phenoxy) is 2. The van der Waals surface area contributed by atoms with Gasteiger partial charge in [-0.15, -0.1) is 11.8 Å². The fourth-order valence-corrected chi connectivity index (χ4v) is 3.34. The molecule has 1 saturated carbocycles. The summed E-state index contributed by atoms with van der Waals surface area (Å²) < 4.78 is 9.75. The Hall–Kier alpha value is -0.850. The number of methoxy groups -OCH3 is 2. The lowest BCUT2D eigenvalue weighted by molar-refractivity contribution is -0.141. The highest BCUT2D eigenvalue weighted by atomic mass is 35.5. The van der Waals surface area contributed by atoms with Crippen molar-refractivity contribution in [2.24, 2.45) is 5.41 Å². The summed E-state index contributed by atoms with van der Waals surface area (Å²) in [4.78, 5) is 19.8. The van der Waals surface area contributed by atoms with E-state index >= 15 is 0 Å². The summed E-state index contributed by atoms with van der Waals surface area (Å²) >= 11 is 7.56. The molecule has 0 atom stereocenters. The van der Waals surface area contributed by atoms with E-state index in [0.717, 1.165) is 23.6 Å². The number of nitrogens with zero attached hydrogens (tertiary/aromatic N) is 2. The lowest BCUT2D eigenvalue weighted by Gasteiger charge is -2.13. The summed E-state index contributed by atoms with van der Waals surface area (Å²) in [6.45, 7) is 0.335. The van der Waals surface area contributed by atoms with Gasteiger partial charge in [0.05, 0.1) is 13.5 Å². The molecule has 0 N–H and O–H groups in total. The molecule has 0 aromatic carbocycles. The van der Waals surface area contributed by atoms with Crippen LogP contribution in [0.15, 0.2) is 11.1 Å². The van der Waals surface area contributed by atoms with Gasteiger partial charge in [-0.25, -0.2) is 9.97 Å². The predicted molar refractivity (Wildman–Crippen MR) is 76.8 cm³/mol. The first-order chi connectivity index (χ1) is 9.57. The second-order valence-corrected chi connectivity index (χ2v) is 6.30. The average Bonchev–Trinajstić information content (AvgIpc) is 3.16. The Kier molecular flexibility index (Phi) is 5.23. The van der Waals surface area contributed by atoms with E-state index in [1.54, 1.807) is 24.9 Å². The van der Waals surface area contributed by atoms with Crippen molar-refractivity contribution < 1.29 is 14.3 Å². The van der Waals surface area contributed by atoms with Crippen molar-refractivity contribution in [1.82, 2.24) is 9.97 Å². The molecule has 0 bridgehead atoms. The number of hydrogen-bond donors (Lipinski definition) is 0. The van der Waals surface area contributed by atoms with Crippen LogP contribution in [0.3, 0.4) is 0 Å². The normalized spacial score (nSPS) is 15.9. The molecule has 0 saturated heterocycles. The first-order valence-corrected chi connectivity index (χ1v) is 7.65. The zero-order valence-corrected chi connectivity index (χ0v) is 13.1. The van der Waals surface area contributed by atoms with Gasteiger partial charge in [0, 0.05) is 18.9 Å². The number of aromatic nitrogens is 2. The van der Waals surface area contributed by atoms with Gasteiger partial charge in [-0.3, -0.25) is 4.79 Å². The summed E-state index contributed by atoms with van der Waals surface area (Å²) in [7, 11) is 3.01. The molecule has 7 heteroatoms. The van der Waals surface area contributed by atoms with Crippen molar-refractivity contribution in [3.63, 3.8) is 0 Å².